The maximum Gasteiger partial charge on any atom is 0.309 e. The third kappa shape index (κ3) is 3.80. The molecule has 0 aliphatic heterocycles. The van der Waals surface area contributed by atoms with E-state index in [2.05, 4.69) is 27.8 Å². The summed E-state index contributed by atoms with van der Waals surface area (Å²) in [6.45, 7) is 2.74. The number of ether oxygens (including phenoxy) is 1. The maximum atomic E-state index is 10.7. The molecule has 0 fully saturated rings. The van der Waals surface area contributed by atoms with E-state index in [9.17, 15) is 4.79 Å². The molecule has 0 atom stereocenters. The third-order valence-corrected chi connectivity index (χ3v) is 4.08. The average Bonchev–Trinajstić information content (AvgIpc) is 2.85. The van der Waals surface area contributed by atoms with Crippen LogP contribution in [-0.2, 0) is 11.2 Å². The molecule has 0 saturated carbocycles. The minimum Gasteiger partial charge on any atom is -0.492 e. The average molecular weight is 356 g/mol. The van der Waals surface area contributed by atoms with Crippen LogP contribution in [-0.4, -0.2) is 22.7 Å². The Morgan fingerprint density at radius 1 is 1.50 bits per heavy atom. The van der Waals surface area contributed by atoms with Crippen molar-refractivity contribution in [2.45, 2.75) is 19.8 Å². The predicted molar refractivity (Wildman–Crippen MR) is 82.4 cm³/mol. The highest BCUT2D eigenvalue weighted by Gasteiger charge is 2.10. The van der Waals surface area contributed by atoms with Crippen LogP contribution in [0.3, 0.4) is 0 Å². The SMILES string of the molecule is CCCOc1ccc(-c2nc(CC(=O)O)cs2)cc1Br. The first-order valence-electron chi connectivity index (χ1n) is 6.19. The molecule has 4 nitrogen and oxygen atoms in total. The standard InChI is InChI=1S/C14H14BrNO3S/c1-2-5-19-12-4-3-9(6-11(12)15)14-16-10(8-20-14)7-13(17)18/h3-4,6,8H,2,5,7H2,1H3,(H,17,18). The molecule has 106 valence electrons. The summed E-state index contributed by atoms with van der Waals surface area (Å²) < 4.78 is 6.47. The zero-order chi connectivity index (χ0) is 14.5. The van der Waals surface area contributed by atoms with E-state index in [1.807, 2.05) is 18.2 Å². The van der Waals surface area contributed by atoms with Gasteiger partial charge in [-0.1, -0.05) is 6.92 Å². The van der Waals surface area contributed by atoms with Crippen molar-refractivity contribution in [2.24, 2.45) is 0 Å². The number of thiazole rings is 1. The van der Waals surface area contributed by atoms with Crippen LogP contribution in [0.25, 0.3) is 10.6 Å². The molecule has 6 heteroatoms. The molecule has 20 heavy (non-hydrogen) atoms. The molecule has 0 spiro atoms. The lowest BCUT2D eigenvalue weighted by Crippen LogP contribution is -1.99. The molecular formula is C14H14BrNO3S. The number of hydrogen-bond donors (Lipinski definition) is 1. The summed E-state index contributed by atoms with van der Waals surface area (Å²) in [5.41, 5.74) is 1.53. The lowest BCUT2D eigenvalue weighted by atomic mass is 10.2. The van der Waals surface area contributed by atoms with Crippen molar-refractivity contribution < 1.29 is 14.6 Å². The fraction of sp³-hybridized carbons (Fsp3) is 0.286. The van der Waals surface area contributed by atoms with Crippen LogP contribution >= 0.6 is 27.3 Å². The van der Waals surface area contributed by atoms with Crippen LogP contribution in [0.5, 0.6) is 5.75 Å². The number of carboxylic acids is 1. The van der Waals surface area contributed by atoms with Gasteiger partial charge in [0.15, 0.2) is 0 Å². The molecule has 1 aromatic heterocycles. The van der Waals surface area contributed by atoms with E-state index in [4.69, 9.17) is 9.84 Å². The Labute approximate surface area is 129 Å². The summed E-state index contributed by atoms with van der Waals surface area (Å²) in [5.74, 6) is -0.0655. The number of hydrogen-bond acceptors (Lipinski definition) is 4. The number of carbonyl (C=O) groups is 1. The van der Waals surface area contributed by atoms with Crippen molar-refractivity contribution >= 4 is 33.2 Å². The largest absolute Gasteiger partial charge is 0.492 e. The van der Waals surface area contributed by atoms with Gasteiger partial charge in [-0.05, 0) is 40.5 Å². The number of carboxylic acid groups (broad SMARTS) is 1. The molecule has 2 aromatic rings. The Hall–Kier alpha value is -1.40. The highest BCUT2D eigenvalue weighted by molar-refractivity contribution is 9.10. The molecule has 0 radical (unpaired) electrons. The Kier molecular flexibility index (Phi) is 5.14. The molecule has 0 bridgehead atoms. The molecule has 0 saturated heterocycles. The number of nitrogens with zero attached hydrogens (tertiary/aromatic N) is 1. The summed E-state index contributed by atoms with van der Waals surface area (Å²) in [6.07, 6.45) is 0.911. The second kappa shape index (κ2) is 6.85. The zero-order valence-corrected chi connectivity index (χ0v) is 13.3. The van der Waals surface area contributed by atoms with E-state index in [1.165, 1.54) is 11.3 Å². The fourth-order valence-corrected chi connectivity index (χ4v) is 2.95. The van der Waals surface area contributed by atoms with Gasteiger partial charge < -0.3 is 9.84 Å². The maximum absolute atomic E-state index is 10.7. The highest BCUT2D eigenvalue weighted by atomic mass is 79.9. The molecule has 0 aliphatic rings. The lowest BCUT2D eigenvalue weighted by molar-refractivity contribution is -0.136. The van der Waals surface area contributed by atoms with E-state index >= 15 is 0 Å². The fourth-order valence-electron chi connectivity index (χ4n) is 1.64. The predicted octanol–water partition coefficient (Wildman–Crippen LogP) is 3.99. The monoisotopic (exact) mass is 355 g/mol. The van der Waals surface area contributed by atoms with Crippen molar-refractivity contribution in [3.8, 4) is 16.3 Å². The molecule has 1 heterocycles. The van der Waals surface area contributed by atoms with Crippen LogP contribution in [0.15, 0.2) is 28.1 Å². The molecule has 0 aliphatic carbocycles. The highest BCUT2D eigenvalue weighted by Crippen LogP contribution is 2.32. The Morgan fingerprint density at radius 2 is 2.30 bits per heavy atom. The van der Waals surface area contributed by atoms with Crippen molar-refractivity contribution in [3.63, 3.8) is 0 Å². The van der Waals surface area contributed by atoms with Crippen LogP contribution in [0.1, 0.15) is 19.0 Å². The van der Waals surface area contributed by atoms with Gasteiger partial charge in [0, 0.05) is 10.9 Å². The van der Waals surface area contributed by atoms with E-state index < -0.39 is 5.97 Å². The lowest BCUT2D eigenvalue weighted by Gasteiger charge is -2.07. The van der Waals surface area contributed by atoms with Crippen LogP contribution in [0, 0.1) is 0 Å². The van der Waals surface area contributed by atoms with Gasteiger partial charge in [-0.25, -0.2) is 4.98 Å². The Morgan fingerprint density at radius 3 is 2.95 bits per heavy atom. The van der Waals surface area contributed by atoms with E-state index in [-0.39, 0.29) is 6.42 Å². The normalized spacial score (nSPS) is 10.5. The quantitative estimate of drug-likeness (QED) is 0.850. The molecule has 2 rings (SSSR count). The second-order valence-electron chi connectivity index (χ2n) is 4.21. The van der Waals surface area contributed by atoms with Gasteiger partial charge in [-0.15, -0.1) is 11.3 Å². The van der Waals surface area contributed by atoms with Gasteiger partial charge in [0.1, 0.15) is 10.8 Å². The smallest absolute Gasteiger partial charge is 0.309 e. The minimum atomic E-state index is -0.869. The minimum absolute atomic E-state index is 0.0463. The number of benzene rings is 1. The van der Waals surface area contributed by atoms with Gasteiger partial charge in [0.2, 0.25) is 0 Å². The molecule has 0 unspecified atom stereocenters. The topological polar surface area (TPSA) is 59.4 Å². The van der Waals surface area contributed by atoms with E-state index in [0.29, 0.717) is 12.3 Å². The Bertz CT molecular complexity index is 612. The molecule has 0 amide bonds. The van der Waals surface area contributed by atoms with Gasteiger partial charge in [-0.2, -0.15) is 0 Å². The van der Waals surface area contributed by atoms with Crippen LogP contribution < -0.4 is 4.74 Å². The van der Waals surface area contributed by atoms with Gasteiger partial charge in [0.25, 0.3) is 0 Å². The number of rotatable bonds is 6. The Balaban J connectivity index is 2.18. The summed E-state index contributed by atoms with van der Waals surface area (Å²) in [5, 5.41) is 11.3. The van der Waals surface area contributed by atoms with Gasteiger partial charge >= 0.3 is 5.97 Å². The third-order valence-electron chi connectivity index (χ3n) is 2.52. The van der Waals surface area contributed by atoms with Gasteiger partial charge in [0.05, 0.1) is 23.2 Å². The zero-order valence-electron chi connectivity index (χ0n) is 10.9. The van der Waals surface area contributed by atoms with Gasteiger partial charge in [-0.3, -0.25) is 4.79 Å². The first-order chi connectivity index (χ1) is 9.60. The first-order valence-corrected chi connectivity index (χ1v) is 7.86. The summed E-state index contributed by atoms with van der Waals surface area (Å²) in [4.78, 5) is 15.0. The second-order valence-corrected chi connectivity index (χ2v) is 5.92. The summed E-state index contributed by atoms with van der Waals surface area (Å²) in [7, 11) is 0. The van der Waals surface area contributed by atoms with Crippen molar-refractivity contribution in [1.29, 1.82) is 0 Å². The number of aromatic nitrogens is 1. The molecular weight excluding hydrogens is 342 g/mol. The van der Waals surface area contributed by atoms with Crippen molar-refractivity contribution in [3.05, 3.63) is 33.7 Å². The summed E-state index contributed by atoms with van der Waals surface area (Å²) >= 11 is 4.92. The van der Waals surface area contributed by atoms with E-state index in [0.717, 1.165) is 27.2 Å². The molecule has 1 N–H and O–H groups in total. The van der Waals surface area contributed by atoms with Crippen LogP contribution in [0.4, 0.5) is 0 Å². The molecule has 1 aromatic carbocycles. The first kappa shape index (κ1) is 15.0. The summed E-state index contributed by atoms with van der Waals surface area (Å²) in [6, 6.07) is 5.76. The number of halogens is 1. The number of aliphatic carboxylic acids is 1. The van der Waals surface area contributed by atoms with Crippen molar-refractivity contribution in [2.75, 3.05) is 6.61 Å². The van der Waals surface area contributed by atoms with Crippen molar-refractivity contribution in [1.82, 2.24) is 4.98 Å². The van der Waals surface area contributed by atoms with Crippen LogP contribution in [0.2, 0.25) is 0 Å². The van der Waals surface area contributed by atoms with E-state index in [1.54, 1.807) is 5.38 Å².